The van der Waals surface area contributed by atoms with Gasteiger partial charge >= 0.3 is 5.56 Å². The summed E-state index contributed by atoms with van der Waals surface area (Å²) in [6, 6.07) is 8.68. The Kier molecular flexibility index (Phi) is 4.72. The highest BCUT2D eigenvalue weighted by Gasteiger charge is 2.21. The van der Waals surface area contributed by atoms with Crippen molar-refractivity contribution in [1.29, 1.82) is 0 Å². The van der Waals surface area contributed by atoms with E-state index in [1.54, 1.807) is 18.2 Å². The number of benzene rings is 2. The lowest BCUT2D eigenvalue weighted by Gasteiger charge is -2.07. The Hall–Kier alpha value is -3.03. The van der Waals surface area contributed by atoms with Crippen molar-refractivity contribution >= 4 is 45.9 Å². The number of aromatic amines is 1. The molecule has 0 saturated heterocycles. The number of fused-ring (bicyclic) bond motifs is 3. The first-order valence-corrected chi connectivity index (χ1v) is 9.48. The number of halogens is 2. The van der Waals surface area contributed by atoms with Gasteiger partial charge in [-0.25, -0.2) is 9.38 Å². The highest BCUT2D eigenvalue weighted by Crippen LogP contribution is 2.23. The maximum absolute atomic E-state index is 12.7. The van der Waals surface area contributed by atoms with E-state index in [0.717, 1.165) is 11.1 Å². The SMILES string of the molecule is Cc1cc2[nH]c3nc(C(=O)NCc4ccc(Cl)c(Cl)c4)c(O)c(=O)n3c2cc1C. The molecule has 4 rings (SSSR count). The van der Waals surface area contributed by atoms with E-state index in [0.29, 0.717) is 26.6 Å². The number of hydrogen-bond acceptors (Lipinski definition) is 4. The van der Waals surface area contributed by atoms with Crippen LogP contribution in [0, 0.1) is 13.8 Å². The molecule has 0 radical (unpaired) electrons. The largest absolute Gasteiger partial charge is 0.501 e. The number of nitrogens with zero attached hydrogens (tertiary/aromatic N) is 2. The highest BCUT2D eigenvalue weighted by molar-refractivity contribution is 6.42. The molecule has 2 heterocycles. The zero-order valence-corrected chi connectivity index (χ0v) is 17.0. The summed E-state index contributed by atoms with van der Waals surface area (Å²) in [6.45, 7) is 4.01. The molecule has 0 saturated carbocycles. The number of H-pyrrole nitrogens is 1. The third kappa shape index (κ3) is 3.32. The van der Waals surface area contributed by atoms with Crippen LogP contribution in [0.2, 0.25) is 10.0 Å². The number of carbonyl (C=O) groups is 1. The minimum absolute atomic E-state index is 0.126. The summed E-state index contributed by atoms with van der Waals surface area (Å²) < 4.78 is 1.26. The molecule has 7 nitrogen and oxygen atoms in total. The Morgan fingerprint density at radius 3 is 2.62 bits per heavy atom. The molecule has 29 heavy (non-hydrogen) atoms. The molecule has 0 bridgehead atoms. The first-order valence-electron chi connectivity index (χ1n) is 8.73. The summed E-state index contributed by atoms with van der Waals surface area (Å²) in [7, 11) is 0. The van der Waals surface area contributed by atoms with Gasteiger partial charge in [0.2, 0.25) is 11.5 Å². The van der Waals surface area contributed by atoms with Crippen molar-refractivity contribution in [3.63, 3.8) is 0 Å². The van der Waals surface area contributed by atoms with Crippen LogP contribution < -0.4 is 10.9 Å². The van der Waals surface area contributed by atoms with E-state index in [1.807, 2.05) is 26.0 Å². The van der Waals surface area contributed by atoms with Gasteiger partial charge in [0.1, 0.15) is 0 Å². The average molecular weight is 431 g/mol. The number of carbonyl (C=O) groups excluding carboxylic acids is 1. The lowest BCUT2D eigenvalue weighted by Crippen LogP contribution is -2.27. The molecule has 2 aromatic carbocycles. The molecule has 0 spiro atoms. The van der Waals surface area contributed by atoms with Crippen LogP contribution in [0.4, 0.5) is 0 Å². The monoisotopic (exact) mass is 430 g/mol. The van der Waals surface area contributed by atoms with Crippen LogP contribution in [0.3, 0.4) is 0 Å². The summed E-state index contributed by atoms with van der Waals surface area (Å²) in [5.74, 6) is -1.22. The predicted molar refractivity (Wildman–Crippen MR) is 112 cm³/mol. The van der Waals surface area contributed by atoms with Crippen molar-refractivity contribution in [2.75, 3.05) is 0 Å². The van der Waals surface area contributed by atoms with Gasteiger partial charge in [0.15, 0.2) is 5.69 Å². The summed E-state index contributed by atoms with van der Waals surface area (Å²) in [5.41, 5.74) is 2.94. The second-order valence-corrected chi connectivity index (χ2v) is 7.60. The number of nitrogens with one attached hydrogen (secondary N) is 2. The number of aryl methyl sites for hydroxylation is 2. The fourth-order valence-corrected chi connectivity index (χ4v) is 3.42. The molecule has 0 aliphatic carbocycles. The summed E-state index contributed by atoms with van der Waals surface area (Å²) in [5, 5.41) is 13.7. The molecule has 4 aromatic rings. The average Bonchev–Trinajstić information content (AvgIpc) is 3.03. The zero-order chi connectivity index (χ0) is 20.9. The smallest absolute Gasteiger partial charge is 0.302 e. The molecular formula is C20H16Cl2N4O3. The van der Waals surface area contributed by atoms with E-state index in [1.165, 1.54) is 4.40 Å². The van der Waals surface area contributed by atoms with Crippen LogP contribution in [-0.2, 0) is 6.54 Å². The van der Waals surface area contributed by atoms with E-state index in [4.69, 9.17) is 23.2 Å². The van der Waals surface area contributed by atoms with Gasteiger partial charge in [0.05, 0.1) is 21.1 Å². The zero-order valence-electron chi connectivity index (χ0n) is 15.5. The standard InChI is InChI=1S/C20H16Cl2N4O3/c1-9-5-14-15(6-10(9)2)26-19(29)17(27)16(25-20(26)24-14)18(28)23-8-11-3-4-12(21)13(22)7-11/h3-7,27H,8H2,1-2H3,(H,23,28)(H,24,25). The third-order valence-corrected chi connectivity index (χ3v) is 5.55. The van der Waals surface area contributed by atoms with Crippen LogP contribution in [0.5, 0.6) is 5.75 Å². The van der Waals surface area contributed by atoms with Crippen molar-refractivity contribution in [2.45, 2.75) is 20.4 Å². The van der Waals surface area contributed by atoms with Gasteiger partial charge in [-0.3, -0.25) is 9.59 Å². The number of rotatable bonds is 3. The number of aromatic hydroxyl groups is 1. The van der Waals surface area contributed by atoms with Gasteiger partial charge in [-0.1, -0.05) is 29.3 Å². The van der Waals surface area contributed by atoms with Crippen LogP contribution in [0.25, 0.3) is 16.8 Å². The summed E-state index contributed by atoms with van der Waals surface area (Å²) in [4.78, 5) is 32.5. The van der Waals surface area contributed by atoms with Gasteiger partial charge < -0.3 is 15.4 Å². The molecule has 0 aliphatic heterocycles. The molecule has 2 aromatic heterocycles. The Morgan fingerprint density at radius 1 is 1.17 bits per heavy atom. The summed E-state index contributed by atoms with van der Waals surface area (Å²) in [6.07, 6.45) is 0. The van der Waals surface area contributed by atoms with Gasteiger partial charge in [0.25, 0.3) is 5.91 Å². The molecule has 0 fully saturated rings. The topological polar surface area (TPSA) is 99.5 Å². The fraction of sp³-hybridized carbons (Fsp3) is 0.150. The van der Waals surface area contributed by atoms with Crippen molar-refractivity contribution in [3.05, 3.63) is 73.1 Å². The molecule has 0 aliphatic rings. The Balaban J connectivity index is 1.72. The van der Waals surface area contributed by atoms with Crippen LogP contribution in [-0.4, -0.2) is 25.4 Å². The second-order valence-electron chi connectivity index (χ2n) is 6.78. The second kappa shape index (κ2) is 7.09. The maximum atomic E-state index is 12.7. The van der Waals surface area contributed by atoms with Crippen molar-refractivity contribution < 1.29 is 9.90 Å². The molecule has 1 amide bonds. The van der Waals surface area contributed by atoms with Crippen molar-refractivity contribution in [1.82, 2.24) is 19.7 Å². The molecule has 3 N–H and O–H groups in total. The third-order valence-electron chi connectivity index (χ3n) is 4.81. The lowest BCUT2D eigenvalue weighted by molar-refractivity contribution is 0.0942. The Labute approximate surface area is 174 Å². The first kappa shape index (κ1) is 19.3. The van der Waals surface area contributed by atoms with Gasteiger partial charge in [-0.15, -0.1) is 0 Å². The van der Waals surface area contributed by atoms with Crippen LogP contribution in [0.1, 0.15) is 27.2 Å². The predicted octanol–water partition coefficient (Wildman–Crippen LogP) is 3.74. The van der Waals surface area contributed by atoms with Gasteiger partial charge in [-0.05, 0) is 54.8 Å². The first-order chi connectivity index (χ1) is 13.8. The lowest BCUT2D eigenvalue weighted by atomic mass is 10.1. The van der Waals surface area contributed by atoms with E-state index in [2.05, 4.69) is 15.3 Å². The van der Waals surface area contributed by atoms with E-state index in [9.17, 15) is 14.7 Å². The quantitative estimate of drug-likeness (QED) is 0.460. The minimum atomic E-state index is -0.718. The number of hydrogen-bond donors (Lipinski definition) is 3. The van der Waals surface area contributed by atoms with Gasteiger partial charge in [0, 0.05) is 6.54 Å². The van der Waals surface area contributed by atoms with Crippen LogP contribution >= 0.6 is 23.2 Å². The molecule has 9 heteroatoms. The molecule has 148 valence electrons. The van der Waals surface area contributed by atoms with E-state index >= 15 is 0 Å². The molecule has 0 atom stereocenters. The van der Waals surface area contributed by atoms with Crippen molar-refractivity contribution in [2.24, 2.45) is 0 Å². The Morgan fingerprint density at radius 2 is 1.90 bits per heavy atom. The van der Waals surface area contributed by atoms with Crippen LogP contribution in [0.15, 0.2) is 35.1 Å². The number of imidazole rings is 1. The number of amides is 1. The molecule has 0 unspecified atom stereocenters. The van der Waals surface area contributed by atoms with Gasteiger partial charge in [-0.2, -0.15) is 0 Å². The summed E-state index contributed by atoms with van der Waals surface area (Å²) >= 11 is 11.9. The van der Waals surface area contributed by atoms with Crippen molar-refractivity contribution in [3.8, 4) is 5.75 Å². The highest BCUT2D eigenvalue weighted by atomic mass is 35.5. The maximum Gasteiger partial charge on any atom is 0.302 e. The fourth-order valence-electron chi connectivity index (χ4n) is 3.10. The molecular weight excluding hydrogens is 415 g/mol. The number of aromatic nitrogens is 3. The normalized spacial score (nSPS) is 11.3. The Bertz CT molecular complexity index is 1360. The van der Waals surface area contributed by atoms with E-state index in [-0.39, 0.29) is 18.0 Å². The minimum Gasteiger partial charge on any atom is -0.501 e. The van der Waals surface area contributed by atoms with E-state index < -0.39 is 17.2 Å².